The zero-order valence-corrected chi connectivity index (χ0v) is 19.9. The van der Waals surface area contributed by atoms with Crippen LogP contribution in [0.25, 0.3) is 0 Å². The third-order valence-corrected chi connectivity index (χ3v) is 6.84. The maximum absolute atomic E-state index is 13.3. The van der Waals surface area contributed by atoms with Crippen molar-refractivity contribution in [2.24, 2.45) is 0 Å². The van der Waals surface area contributed by atoms with Crippen LogP contribution in [0.4, 0.5) is 0 Å². The van der Waals surface area contributed by atoms with Gasteiger partial charge in [0.15, 0.2) is 0 Å². The van der Waals surface area contributed by atoms with Crippen LogP contribution < -0.4 is 4.74 Å². The lowest BCUT2D eigenvalue weighted by molar-refractivity contribution is -0.142. The summed E-state index contributed by atoms with van der Waals surface area (Å²) in [5.74, 6) is 1.32. The molecule has 0 spiro atoms. The minimum absolute atomic E-state index is 0.00384. The Bertz CT molecular complexity index is 875. The average molecular weight is 443 g/mol. The standard InChI is InChI=1S/C25H34N2O3S/c1-5-13-26(24(28)6-2)16-25(29)27-14-11-23-21(12-15-31-23)22(27)17-30-20-9-7-19(8-10-20)18(3)4/h7-10,12,15,18,22H,5-6,11,13-14,16-17H2,1-4H3/t22-/m0/s1. The summed E-state index contributed by atoms with van der Waals surface area (Å²) in [4.78, 5) is 30.5. The molecule has 1 aliphatic heterocycles. The van der Waals surface area contributed by atoms with E-state index in [0.717, 1.165) is 18.6 Å². The van der Waals surface area contributed by atoms with Crippen molar-refractivity contribution < 1.29 is 14.3 Å². The number of benzene rings is 1. The third-order valence-electron chi connectivity index (χ3n) is 5.84. The van der Waals surface area contributed by atoms with Gasteiger partial charge in [-0.15, -0.1) is 11.3 Å². The van der Waals surface area contributed by atoms with Gasteiger partial charge in [-0.1, -0.05) is 39.8 Å². The second-order valence-electron chi connectivity index (χ2n) is 8.36. The van der Waals surface area contributed by atoms with Crippen LogP contribution in [0.5, 0.6) is 5.75 Å². The lowest BCUT2D eigenvalue weighted by Crippen LogP contribution is -2.47. The fourth-order valence-corrected chi connectivity index (χ4v) is 4.97. The van der Waals surface area contributed by atoms with Crippen molar-refractivity contribution in [3.63, 3.8) is 0 Å². The Kier molecular flexibility index (Phi) is 8.13. The third kappa shape index (κ3) is 5.67. The SMILES string of the molecule is CCCN(CC(=O)N1CCc2sccc2[C@@H]1COc1ccc(C(C)C)cc1)C(=O)CC. The summed E-state index contributed by atoms with van der Waals surface area (Å²) < 4.78 is 6.14. The Morgan fingerprint density at radius 2 is 1.94 bits per heavy atom. The van der Waals surface area contributed by atoms with Gasteiger partial charge in [0, 0.05) is 24.4 Å². The quantitative estimate of drug-likeness (QED) is 0.548. The van der Waals surface area contributed by atoms with Crippen LogP contribution in [0, 0.1) is 0 Å². The van der Waals surface area contributed by atoms with Crippen molar-refractivity contribution >= 4 is 23.2 Å². The number of carbonyl (C=O) groups is 2. The van der Waals surface area contributed by atoms with E-state index in [2.05, 4.69) is 37.4 Å². The number of fused-ring (bicyclic) bond motifs is 1. The molecule has 6 heteroatoms. The molecule has 1 aromatic heterocycles. The molecule has 3 rings (SSSR count). The van der Waals surface area contributed by atoms with Gasteiger partial charge in [0.25, 0.3) is 0 Å². The van der Waals surface area contributed by atoms with Gasteiger partial charge in [-0.3, -0.25) is 9.59 Å². The van der Waals surface area contributed by atoms with Gasteiger partial charge in [-0.2, -0.15) is 0 Å². The van der Waals surface area contributed by atoms with Crippen LogP contribution in [0.3, 0.4) is 0 Å². The largest absolute Gasteiger partial charge is 0.491 e. The first-order chi connectivity index (χ1) is 14.9. The van der Waals surface area contributed by atoms with Gasteiger partial charge in [-0.25, -0.2) is 0 Å². The number of nitrogens with zero attached hydrogens (tertiary/aromatic N) is 2. The van der Waals surface area contributed by atoms with Gasteiger partial charge in [-0.05, 0) is 53.5 Å². The monoisotopic (exact) mass is 442 g/mol. The van der Waals surface area contributed by atoms with E-state index in [9.17, 15) is 9.59 Å². The van der Waals surface area contributed by atoms with Gasteiger partial charge >= 0.3 is 0 Å². The normalized spacial score (nSPS) is 15.6. The molecule has 0 unspecified atom stereocenters. The van der Waals surface area contributed by atoms with Crippen molar-refractivity contribution in [3.05, 3.63) is 51.7 Å². The Balaban J connectivity index is 1.74. The molecule has 168 valence electrons. The fraction of sp³-hybridized carbons (Fsp3) is 0.520. The van der Waals surface area contributed by atoms with Crippen LogP contribution in [0.2, 0.25) is 0 Å². The molecule has 0 saturated carbocycles. The highest BCUT2D eigenvalue weighted by Crippen LogP contribution is 2.34. The summed E-state index contributed by atoms with van der Waals surface area (Å²) in [6.45, 7) is 10.0. The molecule has 1 aromatic carbocycles. The number of carbonyl (C=O) groups excluding carboxylic acids is 2. The lowest BCUT2D eigenvalue weighted by Gasteiger charge is -2.37. The predicted molar refractivity (Wildman–Crippen MR) is 126 cm³/mol. The first-order valence-corrected chi connectivity index (χ1v) is 12.2. The molecule has 2 amide bonds. The minimum Gasteiger partial charge on any atom is -0.491 e. The Labute approximate surface area is 190 Å². The van der Waals surface area contributed by atoms with Crippen LogP contribution >= 0.6 is 11.3 Å². The fourth-order valence-electron chi connectivity index (χ4n) is 4.04. The van der Waals surface area contributed by atoms with Crippen molar-refractivity contribution in [1.29, 1.82) is 0 Å². The second-order valence-corrected chi connectivity index (χ2v) is 9.36. The Morgan fingerprint density at radius 1 is 1.19 bits per heavy atom. The summed E-state index contributed by atoms with van der Waals surface area (Å²) in [7, 11) is 0. The van der Waals surface area contributed by atoms with E-state index in [1.165, 1.54) is 16.0 Å². The predicted octanol–water partition coefficient (Wildman–Crippen LogP) is 5.02. The highest BCUT2D eigenvalue weighted by molar-refractivity contribution is 7.10. The zero-order chi connectivity index (χ0) is 22.4. The summed E-state index contributed by atoms with van der Waals surface area (Å²) in [5.41, 5.74) is 2.45. The summed E-state index contributed by atoms with van der Waals surface area (Å²) >= 11 is 1.74. The molecule has 0 radical (unpaired) electrons. The smallest absolute Gasteiger partial charge is 0.242 e. The molecule has 2 aromatic rings. The van der Waals surface area contributed by atoms with E-state index < -0.39 is 0 Å². The molecule has 1 aliphatic rings. The first-order valence-electron chi connectivity index (χ1n) is 11.3. The second kappa shape index (κ2) is 10.8. The number of hydrogen-bond acceptors (Lipinski definition) is 4. The first kappa shape index (κ1) is 23.3. The molecule has 0 aliphatic carbocycles. The number of amides is 2. The molecule has 2 heterocycles. The van der Waals surface area contributed by atoms with Crippen LogP contribution in [-0.2, 0) is 16.0 Å². The van der Waals surface area contributed by atoms with Gasteiger partial charge in [0.05, 0.1) is 12.6 Å². The zero-order valence-electron chi connectivity index (χ0n) is 19.1. The van der Waals surface area contributed by atoms with E-state index >= 15 is 0 Å². The van der Waals surface area contributed by atoms with Crippen molar-refractivity contribution in [3.8, 4) is 5.75 Å². The molecule has 5 nitrogen and oxygen atoms in total. The minimum atomic E-state index is -0.132. The van der Waals surface area contributed by atoms with Crippen molar-refractivity contribution in [2.75, 3.05) is 26.2 Å². The Morgan fingerprint density at radius 3 is 2.58 bits per heavy atom. The number of rotatable bonds is 9. The number of hydrogen-bond donors (Lipinski definition) is 0. The van der Waals surface area contributed by atoms with Crippen LogP contribution in [0.15, 0.2) is 35.7 Å². The molecule has 0 N–H and O–H groups in total. The molecule has 1 atom stereocenters. The maximum atomic E-state index is 13.3. The van der Waals surface area contributed by atoms with E-state index in [0.29, 0.717) is 32.0 Å². The highest BCUT2D eigenvalue weighted by atomic mass is 32.1. The van der Waals surface area contributed by atoms with Gasteiger partial charge < -0.3 is 14.5 Å². The Hall–Kier alpha value is -2.34. The molecular weight excluding hydrogens is 408 g/mol. The highest BCUT2D eigenvalue weighted by Gasteiger charge is 2.33. The van der Waals surface area contributed by atoms with E-state index in [-0.39, 0.29) is 24.4 Å². The number of thiophene rings is 1. The van der Waals surface area contributed by atoms with Gasteiger partial charge in [0.2, 0.25) is 11.8 Å². The molecule has 31 heavy (non-hydrogen) atoms. The molecule has 0 fully saturated rings. The summed E-state index contributed by atoms with van der Waals surface area (Å²) in [6.07, 6.45) is 2.11. The average Bonchev–Trinajstić information content (AvgIpc) is 3.25. The van der Waals surface area contributed by atoms with Gasteiger partial charge in [0.1, 0.15) is 12.4 Å². The lowest BCUT2D eigenvalue weighted by atomic mass is 10.00. The van der Waals surface area contributed by atoms with Crippen molar-refractivity contribution in [1.82, 2.24) is 9.80 Å². The van der Waals surface area contributed by atoms with Crippen LogP contribution in [0.1, 0.15) is 68.5 Å². The van der Waals surface area contributed by atoms with E-state index in [1.54, 1.807) is 16.2 Å². The molecule has 0 bridgehead atoms. The molecule has 0 saturated heterocycles. The maximum Gasteiger partial charge on any atom is 0.242 e. The molecular formula is C25H34N2O3S. The summed E-state index contributed by atoms with van der Waals surface area (Å²) in [5, 5.41) is 2.09. The van der Waals surface area contributed by atoms with Crippen LogP contribution in [-0.4, -0.2) is 47.9 Å². The van der Waals surface area contributed by atoms with Crippen molar-refractivity contribution in [2.45, 2.75) is 58.9 Å². The van der Waals surface area contributed by atoms with E-state index in [1.807, 2.05) is 30.9 Å². The van der Waals surface area contributed by atoms with E-state index in [4.69, 9.17) is 4.74 Å². The number of ether oxygens (including phenoxy) is 1. The summed E-state index contributed by atoms with van der Waals surface area (Å²) in [6, 6.07) is 10.2. The topological polar surface area (TPSA) is 49.9 Å².